The number of ketones is 1. The summed E-state index contributed by atoms with van der Waals surface area (Å²) in [7, 11) is 3.06. The molecule has 0 aliphatic carbocycles. The van der Waals surface area contributed by atoms with Crippen LogP contribution in [0.1, 0.15) is 27.0 Å². The number of rotatable bonds is 7. The molecule has 0 aromatic heterocycles. The average molecular weight is 354 g/mol. The first-order chi connectivity index (χ1) is 12.5. The molecule has 5 heteroatoms. The maximum atomic E-state index is 12.2. The van der Waals surface area contributed by atoms with Gasteiger partial charge in [-0.3, -0.25) is 4.79 Å². The van der Waals surface area contributed by atoms with Gasteiger partial charge in [0.05, 0.1) is 14.2 Å². The van der Waals surface area contributed by atoms with Crippen LogP contribution in [-0.2, 0) is 9.53 Å². The van der Waals surface area contributed by atoms with Crippen LogP contribution in [0, 0.1) is 13.8 Å². The summed E-state index contributed by atoms with van der Waals surface area (Å²) in [5.74, 6) is 0.245. The Labute approximate surface area is 153 Å². The Balaban J connectivity index is 2.01. The predicted molar refractivity (Wildman–Crippen MR) is 99.8 cm³/mol. The Kier molecular flexibility index (Phi) is 6.55. The van der Waals surface area contributed by atoms with E-state index in [0.29, 0.717) is 22.6 Å². The lowest BCUT2D eigenvalue weighted by atomic mass is 10.0. The molecule has 136 valence electrons. The van der Waals surface area contributed by atoms with E-state index < -0.39 is 5.97 Å². The third-order valence-corrected chi connectivity index (χ3v) is 3.86. The van der Waals surface area contributed by atoms with Gasteiger partial charge in [-0.2, -0.15) is 0 Å². The molecule has 0 fully saturated rings. The minimum atomic E-state index is -0.604. The predicted octanol–water partition coefficient (Wildman–Crippen LogP) is 3.76. The number of methoxy groups -OCH3 is 2. The second-order valence-electron chi connectivity index (χ2n) is 5.77. The highest BCUT2D eigenvalue weighted by atomic mass is 16.5. The molecule has 0 spiro atoms. The van der Waals surface area contributed by atoms with Crippen LogP contribution in [0.4, 0.5) is 0 Å². The van der Waals surface area contributed by atoms with Crippen molar-refractivity contribution in [3.05, 3.63) is 64.7 Å². The maximum absolute atomic E-state index is 12.2. The van der Waals surface area contributed by atoms with Gasteiger partial charge in [-0.15, -0.1) is 0 Å². The van der Waals surface area contributed by atoms with Crippen molar-refractivity contribution in [1.82, 2.24) is 0 Å². The number of esters is 1. The molecular formula is C21H22O5. The zero-order valence-corrected chi connectivity index (χ0v) is 15.4. The van der Waals surface area contributed by atoms with E-state index in [4.69, 9.17) is 14.2 Å². The molecule has 0 heterocycles. The van der Waals surface area contributed by atoms with E-state index in [0.717, 1.165) is 11.1 Å². The molecule has 0 bridgehead atoms. The number of hydrogen-bond acceptors (Lipinski definition) is 5. The van der Waals surface area contributed by atoms with Gasteiger partial charge in [-0.25, -0.2) is 4.79 Å². The normalized spacial score (nSPS) is 10.6. The molecule has 0 N–H and O–H groups in total. The number of carbonyl (C=O) groups excluding carboxylic acids is 2. The van der Waals surface area contributed by atoms with Gasteiger partial charge in [0.2, 0.25) is 5.78 Å². The Morgan fingerprint density at radius 1 is 1.04 bits per heavy atom. The second kappa shape index (κ2) is 8.85. The highest BCUT2D eigenvalue weighted by molar-refractivity contribution is 6.00. The van der Waals surface area contributed by atoms with E-state index in [1.165, 1.54) is 20.3 Å². The van der Waals surface area contributed by atoms with Crippen molar-refractivity contribution < 1.29 is 23.8 Å². The Bertz CT molecular complexity index is 836. The van der Waals surface area contributed by atoms with Gasteiger partial charge < -0.3 is 14.2 Å². The van der Waals surface area contributed by atoms with Gasteiger partial charge >= 0.3 is 5.97 Å². The van der Waals surface area contributed by atoms with Gasteiger partial charge in [0.1, 0.15) is 0 Å². The van der Waals surface area contributed by atoms with E-state index in [1.54, 1.807) is 30.3 Å². The Morgan fingerprint density at radius 2 is 1.81 bits per heavy atom. The van der Waals surface area contributed by atoms with Crippen molar-refractivity contribution in [2.45, 2.75) is 13.8 Å². The van der Waals surface area contributed by atoms with E-state index in [1.807, 2.05) is 26.0 Å². The largest absolute Gasteiger partial charge is 0.493 e. The van der Waals surface area contributed by atoms with E-state index in [9.17, 15) is 9.59 Å². The topological polar surface area (TPSA) is 61.8 Å². The van der Waals surface area contributed by atoms with Crippen molar-refractivity contribution in [2.24, 2.45) is 0 Å². The number of carbonyl (C=O) groups is 2. The molecule has 0 unspecified atom stereocenters. The number of para-hydroxylation sites is 1. The molecule has 0 atom stereocenters. The van der Waals surface area contributed by atoms with Crippen molar-refractivity contribution >= 4 is 17.8 Å². The fraction of sp³-hybridized carbons (Fsp3) is 0.238. The Hall–Kier alpha value is -3.08. The Morgan fingerprint density at radius 3 is 2.46 bits per heavy atom. The van der Waals surface area contributed by atoms with Crippen LogP contribution in [0.2, 0.25) is 0 Å². The lowest BCUT2D eigenvalue weighted by Crippen LogP contribution is -2.13. The number of ether oxygens (including phenoxy) is 3. The average Bonchev–Trinajstić information content (AvgIpc) is 2.63. The quantitative estimate of drug-likeness (QED) is 0.430. The monoisotopic (exact) mass is 354 g/mol. The van der Waals surface area contributed by atoms with Gasteiger partial charge in [0.25, 0.3) is 0 Å². The van der Waals surface area contributed by atoms with Gasteiger partial charge in [0, 0.05) is 17.2 Å². The van der Waals surface area contributed by atoms with Crippen molar-refractivity contribution in [1.29, 1.82) is 0 Å². The lowest BCUT2D eigenvalue weighted by molar-refractivity contribution is -0.136. The van der Waals surface area contributed by atoms with Crippen molar-refractivity contribution in [3.63, 3.8) is 0 Å². The first-order valence-electron chi connectivity index (χ1n) is 8.12. The van der Waals surface area contributed by atoms with Gasteiger partial charge in [-0.05, 0) is 31.6 Å². The molecule has 0 aliphatic heterocycles. The van der Waals surface area contributed by atoms with Crippen molar-refractivity contribution in [3.8, 4) is 11.5 Å². The molecule has 0 saturated heterocycles. The highest BCUT2D eigenvalue weighted by Crippen LogP contribution is 2.31. The molecular weight excluding hydrogens is 332 g/mol. The van der Waals surface area contributed by atoms with E-state index in [2.05, 4.69) is 0 Å². The van der Waals surface area contributed by atoms with Crippen LogP contribution in [0.5, 0.6) is 11.5 Å². The highest BCUT2D eigenvalue weighted by Gasteiger charge is 2.12. The first-order valence-corrected chi connectivity index (χ1v) is 8.12. The molecule has 2 rings (SSSR count). The zero-order valence-electron chi connectivity index (χ0n) is 15.4. The minimum Gasteiger partial charge on any atom is -0.493 e. The summed E-state index contributed by atoms with van der Waals surface area (Å²) < 4.78 is 15.6. The molecule has 26 heavy (non-hydrogen) atoms. The molecule has 0 radical (unpaired) electrons. The standard InChI is InChI=1S/C21H22O5/c1-14-8-10-17(15(2)12-14)18(22)13-26-20(23)11-9-16-6-5-7-19(24-3)21(16)25-4/h5-12H,13H2,1-4H3/b11-9+. The van der Waals surface area contributed by atoms with E-state index in [-0.39, 0.29) is 12.4 Å². The zero-order chi connectivity index (χ0) is 19.1. The van der Waals surface area contributed by atoms with Crippen LogP contribution in [-0.4, -0.2) is 32.6 Å². The summed E-state index contributed by atoms with van der Waals surface area (Å²) in [5, 5.41) is 0. The van der Waals surface area contributed by atoms with Crippen molar-refractivity contribution in [2.75, 3.05) is 20.8 Å². The summed E-state index contributed by atoms with van der Waals surface area (Å²) in [6, 6.07) is 10.9. The summed E-state index contributed by atoms with van der Waals surface area (Å²) in [6.07, 6.45) is 2.82. The van der Waals surface area contributed by atoms with Gasteiger partial charge in [-0.1, -0.05) is 35.9 Å². The molecule has 0 amide bonds. The summed E-state index contributed by atoms with van der Waals surface area (Å²) in [5.41, 5.74) is 3.17. The molecule has 0 saturated carbocycles. The minimum absolute atomic E-state index is 0.233. The van der Waals surface area contributed by atoms with Crippen LogP contribution in [0.25, 0.3) is 6.08 Å². The number of hydrogen-bond donors (Lipinski definition) is 0. The number of benzene rings is 2. The molecule has 5 nitrogen and oxygen atoms in total. The number of Topliss-reactive ketones (excluding diaryl/α,β-unsaturated/α-hetero) is 1. The smallest absolute Gasteiger partial charge is 0.331 e. The summed E-state index contributed by atoms with van der Waals surface area (Å²) in [4.78, 5) is 24.1. The van der Waals surface area contributed by atoms with Crippen LogP contribution < -0.4 is 9.47 Å². The first kappa shape index (κ1) is 19.2. The third-order valence-electron chi connectivity index (χ3n) is 3.86. The van der Waals surface area contributed by atoms with Crippen LogP contribution >= 0.6 is 0 Å². The number of aryl methyl sites for hydroxylation is 2. The van der Waals surface area contributed by atoms with Crippen LogP contribution in [0.3, 0.4) is 0 Å². The van der Waals surface area contributed by atoms with Gasteiger partial charge in [0.15, 0.2) is 18.1 Å². The summed E-state index contributed by atoms with van der Waals surface area (Å²) in [6.45, 7) is 3.51. The fourth-order valence-corrected chi connectivity index (χ4v) is 2.59. The summed E-state index contributed by atoms with van der Waals surface area (Å²) >= 11 is 0. The molecule has 2 aromatic carbocycles. The second-order valence-corrected chi connectivity index (χ2v) is 5.77. The maximum Gasteiger partial charge on any atom is 0.331 e. The SMILES string of the molecule is COc1cccc(/C=C/C(=O)OCC(=O)c2ccc(C)cc2C)c1OC. The fourth-order valence-electron chi connectivity index (χ4n) is 2.59. The molecule has 2 aromatic rings. The third kappa shape index (κ3) is 4.72. The lowest BCUT2D eigenvalue weighted by Gasteiger charge is -2.09. The van der Waals surface area contributed by atoms with E-state index >= 15 is 0 Å². The van der Waals surface area contributed by atoms with Crippen LogP contribution in [0.15, 0.2) is 42.5 Å². The molecule has 0 aliphatic rings.